The highest BCUT2D eigenvalue weighted by molar-refractivity contribution is 5.68. The summed E-state index contributed by atoms with van der Waals surface area (Å²) in [5, 5.41) is 7.78. The first-order valence-electron chi connectivity index (χ1n) is 7.57. The van der Waals surface area contributed by atoms with Gasteiger partial charge in [0.2, 0.25) is 0 Å². The van der Waals surface area contributed by atoms with E-state index in [9.17, 15) is 4.79 Å². The number of nitrogens with one attached hydrogen (secondary N) is 1. The third-order valence-corrected chi connectivity index (χ3v) is 3.45. The molecule has 1 atom stereocenters. The molecule has 0 saturated carbocycles. The average molecular weight is 294 g/mol. The molecule has 1 aliphatic rings. The van der Waals surface area contributed by atoms with Gasteiger partial charge in [-0.25, -0.2) is 4.79 Å². The van der Waals surface area contributed by atoms with Gasteiger partial charge < -0.3 is 15.0 Å². The van der Waals surface area contributed by atoms with E-state index in [2.05, 4.69) is 10.4 Å². The van der Waals surface area contributed by atoms with Crippen LogP contribution < -0.4 is 5.32 Å². The first kappa shape index (κ1) is 15.7. The molecule has 1 saturated heterocycles. The van der Waals surface area contributed by atoms with Gasteiger partial charge in [0, 0.05) is 38.4 Å². The minimum atomic E-state index is -0.436. The molecule has 0 spiro atoms. The Kier molecular flexibility index (Phi) is 4.75. The lowest BCUT2D eigenvalue weighted by Crippen LogP contribution is -2.37. The second-order valence-electron chi connectivity index (χ2n) is 6.61. The van der Waals surface area contributed by atoms with Gasteiger partial charge in [-0.15, -0.1) is 0 Å². The van der Waals surface area contributed by atoms with E-state index in [1.54, 1.807) is 4.68 Å². The highest BCUT2D eigenvalue weighted by Gasteiger charge is 2.25. The quantitative estimate of drug-likeness (QED) is 0.911. The van der Waals surface area contributed by atoms with Crippen LogP contribution in [-0.2, 0) is 11.8 Å². The van der Waals surface area contributed by atoms with Crippen LogP contribution >= 0.6 is 0 Å². The van der Waals surface area contributed by atoms with E-state index >= 15 is 0 Å². The topological polar surface area (TPSA) is 59.4 Å². The smallest absolute Gasteiger partial charge is 0.410 e. The Labute approximate surface area is 126 Å². The SMILES string of the molecule is Cn1ccc(NC2CCCN(C(=O)OC(C)(C)C)CC2)n1. The van der Waals surface area contributed by atoms with Crippen molar-refractivity contribution in [2.75, 3.05) is 18.4 Å². The van der Waals surface area contributed by atoms with E-state index in [0.717, 1.165) is 38.2 Å². The van der Waals surface area contributed by atoms with Gasteiger partial charge in [0.15, 0.2) is 0 Å². The summed E-state index contributed by atoms with van der Waals surface area (Å²) in [5.74, 6) is 0.896. The Morgan fingerprint density at radius 2 is 2.14 bits per heavy atom. The van der Waals surface area contributed by atoms with Crippen LogP contribution in [0.1, 0.15) is 40.0 Å². The maximum absolute atomic E-state index is 12.1. The summed E-state index contributed by atoms with van der Waals surface area (Å²) in [6.45, 7) is 7.17. The molecule has 1 fully saturated rings. The van der Waals surface area contributed by atoms with Crippen molar-refractivity contribution >= 4 is 11.9 Å². The fraction of sp³-hybridized carbons (Fsp3) is 0.733. The maximum atomic E-state index is 12.1. The van der Waals surface area contributed by atoms with Gasteiger partial charge in [0.1, 0.15) is 11.4 Å². The molecule has 21 heavy (non-hydrogen) atoms. The van der Waals surface area contributed by atoms with E-state index in [-0.39, 0.29) is 6.09 Å². The number of ether oxygens (including phenoxy) is 1. The van der Waals surface area contributed by atoms with E-state index < -0.39 is 5.60 Å². The van der Waals surface area contributed by atoms with Gasteiger partial charge in [-0.1, -0.05) is 0 Å². The van der Waals surface area contributed by atoms with E-state index in [1.165, 1.54) is 0 Å². The number of nitrogens with zero attached hydrogens (tertiary/aromatic N) is 3. The van der Waals surface area contributed by atoms with Crippen LogP contribution in [0.5, 0.6) is 0 Å². The lowest BCUT2D eigenvalue weighted by molar-refractivity contribution is 0.0256. The Morgan fingerprint density at radius 3 is 2.76 bits per heavy atom. The Bertz CT molecular complexity index is 478. The van der Waals surface area contributed by atoms with Crippen molar-refractivity contribution in [2.24, 2.45) is 7.05 Å². The van der Waals surface area contributed by atoms with Crippen LogP contribution in [0, 0.1) is 0 Å². The Morgan fingerprint density at radius 1 is 1.38 bits per heavy atom. The molecule has 0 bridgehead atoms. The van der Waals surface area contributed by atoms with Crippen LogP contribution in [0.15, 0.2) is 12.3 Å². The first-order chi connectivity index (χ1) is 9.83. The van der Waals surface area contributed by atoms with Crippen molar-refractivity contribution in [2.45, 2.75) is 51.7 Å². The number of carbonyl (C=O) groups excluding carboxylic acids is 1. The summed E-state index contributed by atoms with van der Waals surface area (Å²) in [5.41, 5.74) is -0.436. The molecule has 6 nitrogen and oxygen atoms in total. The summed E-state index contributed by atoms with van der Waals surface area (Å²) in [7, 11) is 1.91. The minimum absolute atomic E-state index is 0.207. The first-order valence-corrected chi connectivity index (χ1v) is 7.57. The number of carbonyl (C=O) groups is 1. The normalized spacial score (nSPS) is 20.0. The number of hydrogen-bond acceptors (Lipinski definition) is 4. The van der Waals surface area contributed by atoms with Crippen LogP contribution in [0.25, 0.3) is 0 Å². The fourth-order valence-corrected chi connectivity index (χ4v) is 2.45. The fourth-order valence-electron chi connectivity index (χ4n) is 2.45. The van der Waals surface area contributed by atoms with E-state index in [0.29, 0.717) is 6.04 Å². The van der Waals surface area contributed by atoms with Crippen molar-refractivity contribution in [3.05, 3.63) is 12.3 Å². The molecule has 1 aliphatic heterocycles. The lowest BCUT2D eigenvalue weighted by Gasteiger charge is -2.26. The monoisotopic (exact) mass is 294 g/mol. The second kappa shape index (κ2) is 6.37. The van der Waals surface area contributed by atoms with Crippen LogP contribution in [0.2, 0.25) is 0 Å². The molecule has 6 heteroatoms. The molecular formula is C15H26N4O2. The van der Waals surface area contributed by atoms with Crippen molar-refractivity contribution in [1.29, 1.82) is 0 Å². The van der Waals surface area contributed by atoms with Crippen LogP contribution in [0.3, 0.4) is 0 Å². The zero-order chi connectivity index (χ0) is 15.5. The van der Waals surface area contributed by atoms with Gasteiger partial charge >= 0.3 is 6.09 Å². The number of amides is 1. The minimum Gasteiger partial charge on any atom is -0.444 e. The molecule has 1 N–H and O–H groups in total. The third-order valence-electron chi connectivity index (χ3n) is 3.45. The van der Waals surface area contributed by atoms with Gasteiger partial charge in [-0.05, 0) is 40.0 Å². The lowest BCUT2D eigenvalue weighted by atomic mass is 10.1. The number of likely N-dealkylation sites (tertiary alicyclic amines) is 1. The molecule has 0 radical (unpaired) electrons. The third kappa shape index (κ3) is 4.95. The molecular weight excluding hydrogens is 268 g/mol. The van der Waals surface area contributed by atoms with Crippen molar-refractivity contribution in [3.8, 4) is 0 Å². The molecule has 1 amide bonds. The number of anilines is 1. The molecule has 2 heterocycles. The largest absolute Gasteiger partial charge is 0.444 e. The van der Waals surface area contributed by atoms with Gasteiger partial charge in [-0.2, -0.15) is 5.10 Å². The Hall–Kier alpha value is -1.72. The number of hydrogen-bond donors (Lipinski definition) is 1. The van der Waals surface area contributed by atoms with Gasteiger partial charge in [0.25, 0.3) is 0 Å². The molecule has 0 aliphatic carbocycles. The predicted octanol–water partition coefficient (Wildman–Crippen LogP) is 2.62. The summed E-state index contributed by atoms with van der Waals surface area (Å²) < 4.78 is 7.22. The summed E-state index contributed by atoms with van der Waals surface area (Å²) in [6.07, 6.45) is 4.64. The standard InChI is InChI=1S/C15H26N4O2/c1-15(2,3)21-14(20)19-9-5-6-12(7-11-19)16-13-8-10-18(4)17-13/h8,10,12H,5-7,9,11H2,1-4H3,(H,16,17). The van der Waals surface area contributed by atoms with E-state index in [4.69, 9.17) is 4.74 Å². The molecule has 1 aromatic heterocycles. The van der Waals surface area contributed by atoms with Crippen molar-refractivity contribution in [1.82, 2.24) is 14.7 Å². The second-order valence-corrected chi connectivity index (χ2v) is 6.61. The number of aromatic nitrogens is 2. The van der Waals surface area contributed by atoms with Gasteiger partial charge in [0.05, 0.1) is 0 Å². The summed E-state index contributed by atoms with van der Waals surface area (Å²) >= 11 is 0. The number of aryl methyl sites for hydroxylation is 1. The average Bonchev–Trinajstić information content (AvgIpc) is 2.62. The molecule has 1 aromatic rings. The predicted molar refractivity (Wildman–Crippen MR) is 82.3 cm³/mol. The molecule has 2 rings (SSSR count). The van der Waals surface area contributed by atoms with E-state index in [1.807, 2.05) is 45.0 Å². The Balaban J connectivity index is 1.85. The van der Waals surface area contributed by atoms with Crippen LogP contribution in [-0.4, -0.2) is 45.5 Å². The highest BCUT2D eigenvalue weighted by Crippen LogP contribution is 2.18. The maximum Gasteiger partial charge on any atom is 0.410 e. The summed E-state index contributed by atoms with van der Waals surface area (Å²) in [6, 6.07) is 2.32. The van der Waals surface area contributed by atoms with Gasteiger partial charge in [-0.3, -0.25) is 4.68 Å². The zero-order valence-electron chi connectivity index (χ0n) is 13.4. The van der Waals surface area contributed by atoms with Crippen molar-refractivity contribution < 1.29 is 9.53 Å². The zero-order valence-corrected chi connectivity index (χ0v) is 13.4. The number of rotatable bonds is 2. The van der Waals surface area contributed by atoms with Crippen molar-refractivity contribution in [3.63, 3.8) is 0 Å². The highest BCUT2D eigenvalue weighted by atomic mass is 16.6. The molecule has 1 unspecified atom stereocenters. The molecule has 118 valence electrons. The summed E-state index contributed by atoms with van der Waals surface area (Å²) in [4.78, 5) is 13.9. The van der Waals surface area contributed by atoms with Crippen LogP contribution in [0.4, 0.5) is 10.6 Å². The molecule has 0 aromatic carbocycles.